The van der Waals surface area contributed by atoms with Crippen molar-refractivity contribution in [2.75, 3.05) is 7.11 Å². The fourth-order valence-corrected chi connectivity index (χ4v) is 3.32. The maximum absolute atomic E-state index is 12.4. The van der Waals surface area contributed by atoms with Crippen LogP contribution < -0.4 is 10.2 Å². The Hall–Kier alpha value is -2.58. The van der Waals surface area contributed by atoms with Crippen LogP contribution in [0.3, 0.4) is 0 Å². The van der Waals surface area contributed by atoms with Gasteiger partial charge in [0, 0.05) is 10.0 Å². The normalized spacial score (nSPS) is 11.1. The number of benzene rings is 3. The number of carbonyl (C=O) groups excluding carboxylic acids is 1. The minimum Gasteiger partial charge on any atom is -0.507 e. The minimum absolute atomic E-state index is 0.0494. The van der Waals surface area contributed by atoms with Gasteiger partial charge in [-0.1, -0.05) is 24.3 Å². The number of amides is 1. The number of fused-ring (bicyclic) bond motifs is 1. The number of carbonyl (C=O) groups is 1. The van der Waals surface area contributed by atoms with Crippen molar-refractivity contribution in [2.24, 2.45) is 5.10 Å². The molecule has 0 unspecified atom stereocenters. The number of methoxy groups -OCH3 is 1. The lowest BCUT2D eigenvalue weighted by atomic mass is 10.1. The van der Waals surface area contributed by atoms with Crippen molar-refractivity contribution in [2.45, 2.75) is 0 Å². The van der Waals surface area contributed by atoms with E-state index in [1.807, 2.05) is 24.3 Å². The number of hydrogen-bond acceptors (Lipinski definition) is 5. The summed E-state index contributed by atoms with van der Waals surface area (Å²) in [6.07, 6.45) is 1.40. The van der Waals surface area contributed by atoms with Gasteiger partial charge in [-0.3, -0.25) is 4.79 Å². The summed E-state index contributed by atoms with van der Waals surface area (Å²) >= 11 is 6.59. The molecule has 0 aliphatic heterocycles. The van der Waals surface area contributed by atoms with Gasteiger partial charge in [-0.2, -0.15) is 5.10 Å². The lowest BCUT2D eigenvalue weighted by Crippen LogP contribution is -2.17. The fraction of sp³-hybridized carbons (Fsp3) is 0.0526. The summed E-state index contributed by atoms with van der Waals surface area (Å²) in [6.45, 7) is 0. The second-order valence-electron chi connectivity index (χ2n) is 5.56. The maximum Gasteiger partial charge on any atom is 0.275 e. The molecule has 6 nitrogen and oxygen atoms in total. The van der Waals surface area contributed by atoms with Crippen LogP contribution in [0, 0.1) is 0 Å². The molecule has 0 fully saturated rings. The molecular weight excluding hydrogens is 480 g/mol. The van der Waals surface area contributed by atoms with Crippen LogP contribution in [0.1, 0.15) is 15.9 Å². The SMILES string of the molecule is COc1cc(C=NNC(=O)c2cc3ccccc3cc2O)c(Br)c(Br)c1O. The number of halogens is 2. The Morgan fingerprint density at radius 1 is 1.11 bits per heavy atom. The Balaban J connectivity index is 1.84. The molecule has 138 valence electrons. The van der Waals surface area contributed by atoms with Crippen molar-refractivity contribution >= 4 is 54.8 Å². The molecule has 0 aliphatic rings. The molecule has 3 rings (SSSR count). The highest BCUT2D eigenvalue weighted by atomic mass is 79.9. The van der Waals surface area contributed by atoms with Gasteiger partial charge in [0.1, 0.15) is 5.75 Å². The summed E-state index contributed by atoms with van der Waals surface area (Å²) in [5.74, 6) is -0.469. The van der Waals surface area contributed by atoms with E-state index in [1.165, 1.54) is 19.4 Å². The molecule has 0 atom stereocenters. The number of rotatable bonds is 4. The fourth-order valence-electron chi connectivity index (χ4n) is 2.49. The molecule has 3 aromatic rings. The Labute approximate surface area is 171 Å². The second kappa shape index (κ2) is 7.98. The molecule has 0 spiro atoms. The zero-order valence-corrected chi connectivity index (χ0v) is 17.2. The van der Waals surface area contributed by atoms with Gasteiger partial charge in [-0.15, -0.1) is 0 Å². The lowest BCUT2D eigenvalue weighted by Gasteiger charge is -2.09. The van der Waals surface area contributed by atoms with Crippen molar-refractivity contribution in [3.8, 4) is 17.2 Å². The van der Waals surface area contributed by atoms with Gasteiger partial charge < -0.3 is 14.9 Å². The number of phenols is 2. The van der Waals surface area contributed by atoms with E-state index in [0.717, 1.165) is 10.8 Å². The molecule has 1 amide bonds. The summed E-state index contributed by atoms with van der Waals surface area (Å²) in [7, 11) is 1.43. The van der Waals surface area contributed by atoms with Crippen LogP contribution in [0.15, 0.2) is 56.5 Å². The van der Waals surface area contributed by atoms with Crippen LogP contribution in [-0.4, -0.2) is 29.4 Å². The number of nitrogens with one attached hydrogen (secondary N) is 1. The number of aromatic hydroxyl groups is 2. The molecule has 3 N–H and O–H groups in total. The highest BCUT2D eigenvalue weighted by molar-refractivity contribution is 9.13. The number of hydrazone groups is 1. The van der Waals surface area contributed by atoms with E-state index in [2.05, 4.69) is 42.4 Å². The third-order valence-corrected chi connectivity index (χ3v) is 6.03. The molecular formula is C19H14Br2N2O4. The van der Waals surface area contributed by atoms with Crippen LogP contribution in [0.5, 0.6) is 17.2 Å². The van der Waals surface area contributed by atoms with E-state index in [9.17, 15) is 15.0 Å². The van der Waals surface area contributed by atoms with Gasteiger partial charge in [-0.05, 0) is 60.8 Å². The third kappa shape index (κ3) is 3.91. The molecule has 0 saturated heterocycles. The van der Waals surface area contributed by atoms with Crippen molar-refractivity contribution < 1.29 is 19.7 Å². The summed E-state index contributed by atoms with van der Waals surface area (Å²) in [4.78, 5) is 12.4. The van der Waals surface area contributed by atoms with E-state index in [0.29, 0.717) is 14.5 Å². The lowest BCUT2D eigenvalue weighted by molar-refractivity contribution is 0.0952. The van der Waals surface area contributed by atoms with Crippen molar-refractivity contribution in [3.63, 3.8) is 0 Å². The standard InChI is InChI=1S/C19H14Br2N2O4/c1-27-15-8-12(16(20)17(21)18(15)25)9-22-23-19(26)13-6-10-4-2-3-5-11(10)7-14(13)24/h2-9,24-25H,1H3,(H,23,26). The van der Waals surface area contributed by atoms with Gasteiger partial charge >= 0.3 is 0 Å². The maximum atomic E-state index is 12.4. The number of nitrogens with zero attached hydrogens (tertiary/aromatic N) is 1. The predicted octanol–water partition coefficient (Wildman–Crippen LogP) is 4.55. The highest BCUT2D eigenvalue weighted by Crippen LogP contribution is 2.41. The van der Waals surface area contributed by atoms with E-state index in [-0.39, 0.29) is 22.8 Å². The first-order valence-corrected chi connectivity index (χ1v) is 9.31. The second-order valence-corrected chi connectivity index (χ2v) is 7.15. The summed E-state index contributed by atoms with van der Waals surface area (Å²) in [5.41, 5.74) is 3.07. The van der Waals surface area contributed by atoms with E-state index in [4.69, 9.17) is 4.74 Å². The average Bonchev–Trinajstić information content (AvgIpc) is 2.67. The number of ether oxygens (including phenoxy) is 1. The van der Waals surface area contributed by atoms with Crippen molar-refractivity contribution in [3.05, 3.63) is 62.5 Å². The van der Waals surface area contributed by atoms with Crippen LogP contribution in [-0.2, 0) is 0 Å². The molecule has 27 heavy (non-hydrogen) atoms. The summed E-state index contributed by atoms with van der Waals surface area (Å²) < 4.78 is 6.04. The largest absolute Gasteiger partial charge is 0.507 e. The van der Waals surface area contributed by atoms with Crippen LogP contribution in [0.2, 0.25) is 0 Å². The van der Waals surface area contributed by atoms with Crippen LogP contribution in [0.25, 0.3) is 10.8 Å². The van der Waals surface area contributed by atoms with E-state index >= 15 is 0 Å². The zero-order chi connectivity index (χ0) is 19.6. The average molecular weight is 494 g/mol. The van der Waals surface area contributed by atoms with Gasteiger partial charge in [0.25, 0.3) is 5.91 Å². The summed E-state index contributed by atoms with van der Waals surface area (Å²) in [6, 6.07) is 12.1. The molecule has 0 heterocycles. The topological polar surface area (TPSA) is 91.2 Å². The first-order valence-electron chi connectivity index (χ1n) is 7.72. The Morgan fingerprint density at radius 3 is 2.44 bits per heavy atom. The van der Waals surface area contributed by atoms with E-state index in [1.54, 1.807) is 12.1 Å². The summed E-state index contributed by atoms with van der Waals surface area (Å²) in [5, 5.41) is 25.6. The number of hydrogen-bond donors (Lipinski definition) is 3. The van der Waals surface area contributed by atoms with Gasteiger partial charge in [-0.25, -0.2) is 5.43 Å². The van der Waals surface area contributed by atoms with Crippen molar-refractivity contribution in [1.82, 2.24) is 5.43 Å². The van der Waals surface area contributed by atoms with Crippen molar-refractivity contribution in [1.29, 1.82) is 0 Å². The van der Waals surface area contributed by atoms with Crippen LogP contribution in [0.4, 0.5) is 0 Å². The van der Waals surface area contributed by atoms with Gasteiger partial charge in [0.2, 0.25) is 0 Å². The van der Waals surface area contributed by atoms with Gasteiger partial charge in [0.15, 0.2) is 11.5 Å². The Bertz CT molecular complexity index is 1070. The molecule has 8 heteroatoms. The monoisotopic (exact) mass is 492 g/mol. The van der Waals surface area contributed by atoms with E-state index < -0.39 is 5.91 Å². The van der Waals surface area contributed by atoms with Crippen LogP contribution >= 0.6 is 31.9 Å². The molecule has 0 saturated carbocycles. The molecule has 0 bridgehead atoms. The first kappa shape index (κ1) is 19.2. The number of phenolic OH excluding ortho intramolecular Hbond substituents is 2. The highest BCUT2D eigenvalue weighted by Gasteiger charge is 2.15. The Morgan fingerprint density at radius 2 is 1.78 bits per heavy atom. The Kier molecular flexibility index (Phi) is 5.67. The van der Waals surface area contributed by atoms with Gasteiger partial charge in [0.05, 0.1) is 23.4 Å². The molecule has 3 aromatic carbocycles. The molecule has 0 radical (unpaired) electrons. The third-order valence-electron chi connectivity index (χ3n) is 3.87. The molecule has 0 aliphatic carbocycles. The zero-order valence-electron chi connectivity index (χ0n) is 14.0. The molecule has 0 aromatic heterocycles. The first-order chi connectivity index (χ1) is 12.9. The smallest absolute Gasteiger partial charge is 0.275 e. The quantitative estimate of drug-likeness (QED) is 0.367. The predicted molar refractivity (Wildman–Crippen MR) is 111 cm³/mol. The minimum atomic E-state index is -0.546.